The van der Waals surface area contributed by atoms with Gasteiger partial charge in [-0.15, -0.1) is 20.4 Å². The number of aromatic nitrogens is 8. The van der Waals surface area contributed by atoms with E-state index in [9.17, 15) is 19.8 Å². The zero-order valence-electron chi connectivity index (χ0n) is 40.0. The van der Waals surface area contributed by atoms with Crippen LogP contribution in [-0.4, -0.2) is 79.1 Å². The Hall–Kier alpha value is -2.12. The third-order valence-corrected chi connectivity index (χ3v) is 21.4. The van der Waals surface area contributed by atoms with Gasteiger partial charge in [0.15, 0.2) is 17.4 Å². The maximum absolute atomic E-state index is 13.3. The topological polar surface area (TPSA) is 173 Å². The van der Waals surface area contributed by atoms with Gasteiger partial charge in [-0.05, 0) is 230 Å². The van der Waals surface area contributed by atoms with Gasteiger partial charge in [0.2, 0.25) is 0 Å². The first-order valence-corrected chi connectivity index (χ1v) is 26.4. The molecule has 8 fully saturated rings. The number of aromatic amines is 1. The van der Waals surface area contributed by atoms with E-state index in [1.165, 1.54) is 81.8 Å². The average molecular weight is 970 g/mol. The summed E-state index contributed by atoms with van der Waals surface area (Å²) in [7, 11) is 0. The van der Waals surface area contributed by atoms with Gasteiger partial charge in [0.25, 0.3) is 0 Å². The molecule has 0 unspecified atom stereocenters. The number of nitrogens with zero attached hydrogens (tertiary/aromatic N) is 7. The van der Waals surface area contributed by atoms with E-state index in [1.807, 2.05) is 13.8 Å². The van der Waals surface area contributed by atoms with Crippen molar-refractivity contribution in [2.24, 2.45) is 80.8 Å². The first kappa shape index (κ1) is 52.3. The van der Waals surface area contributed by atoms with Crippen molar-refractivity contribution in [1.82, 2.24) is 40.8 Å². The van der Waals surface area contributed by atoms with Gasteiger partial charge in [-0.3, -0.25) is 9.59 Å². The Kier molecular flexibility index (Phi) is 15.8. The van der Waals surface area contributed by atoms with E-state index in [1.54, 1.807) is 6.92 Å². The highest BCUT2D eigenvalue weighted by atomic mass is 79.9. The third kappa shape index (κ3) is 9.88. The summed E-state index contributed by atoms with van der Waals surface area (Å²) in [5, 5.41) is 46.9. The van der Waals surface area contributed by atoms with Crippen LogP contribution >= 0.6 is 15.9 Å². The summed E-state index contributed by atoms with van der Waals surface area (Å²) < 4.78 is 0. The highest BCUT2D eigenvalue weighted by Crippen LogP contribution is 2.69. The number of alkyl halides is 1. The van der Waals surface area contributed by atoms with Crippen LogP contribution < -0.4 is 0 Å². The predicted molar refractivity (Wildman–Crippen MR) is 260 cm³/mol. The molecule has 0 spiro atoms. The van der Waals surface area contributed by atoms with E-state index in [-0.39, 0.29) is 44.1 Å². The Bertz CT molecular complexity index is 1920. The number of carbonyl (C=O) groups excluding carboxylic acids is 2. The molecule has 2 aromatic heterocycles. The van der Waals surface area contributed by atoms with Crippen LogP contribution in [0.3, 0.4) is 0 Å². The average Bonchev–Trinajstić information content (AvgIpc) is 4.02. The van der Waals surface area contributed by atoms with E-state index in [0.29, 0.717) is 45.3 Å². The summed E-state index contributed by atoms with van der Waals surface area (Å²) in [5.74, 6) is 8.53. The zero-order valence-corrected chi connectivity index (χ0v) is 41.6. The number of rotatable bonds is 5. The molecule has 10 rings (SSSR count). The molecule has 8 aliphatic rings. The fraction of sp³-hybridized carbons (Fsp3) is 0.923. The maximum Gasteiger partial charge on any atom is 0.171 e. The van der Waals surface area contributed by atoms with Crippen molar-refractivity contribution in [3.05, 3.63) is 11.6 Å². The number of fused-ring (bicyclic) bond motifs is 10. The Morgan fingerprint density at radius 2 is 1.06 bits per heavy atom. The van der Waals surface area contributed by atoms with Gasteiger partial charge in [0.05, 0.1) is 16.5 Å². The second kappa shape index (κ2) is 19.7. The lowest BCUT2D eigenvalue weighted by molar-refractivity contribution is -0.134. The van der Waals surface area contributed by atoms with Gasteiger partial charge in [-0.2, -0.15) is 10.0 Å². The summed E-state index contributed by atoms with van der Waals surface area (Å²) >= 11 is 3.43. The molecular weight excluding hydrogens is 881 g/mol. The minimum absolute atomic E-state index is 0. The number of tetrazole rings is 2. The number of nitrogens with one attached hydrogen (secondary N) is 1. The second-order valence-electron chi connectivity index (χ2n) is 24.1. The van der Waals surface area contributed by atoms with Crippen LogP contribution in [0.15, 0.2) is 0 Å². The van der Waals surface area contributed by atoms with Gasteiger partial charge in [0, 0.05) is 11.8 Å². The number of hydrogen-bond acceptors (Lipinski definition) is 10. The highest BCUT2D eigenvalue weighted by molar-refractivity contribution is 9.09. The molecule has 65 heavy (non-hydrogen) atoms. The Labute approximate surface area is 400 Å². The minimum atomic E-state index is -0.488. The number of hydrogen-bond donors (Lipinski definition) is 3. The van der Waals surface area contributed by atoms with Gasteiger partial charge >= 0.3 is 0 Å². The summed E-state index contributed by atoms with van der Waals surface area (Å²) in [4.78, 5) is 27.3. The van der Waals surface area contributed by atoms with Crippen molar-refractivity contribution < 1.29 is 19.8 Å². The summed E-state index contributed by atoms with van der Waals surface area (Å²) in [6.07, 6.45) is 23.5. The van der Waals surface area contributed by atoms with Crippen molar-refractivity contribution in [3.8, 4) is 0 Å². The molecule has 3 N–H and O–H groups in total. The van der Waals surface area contributed by atoms with Gasteiger partial charge in [0.1, 0.15) is 12.3 Å². The number of Topliss-reactive ketones (excluding diaryl/α,β-unsaturated/α-hetero) is 2. The lowest BCUT2D eigenvalue weighted by Gasteiger charge is -2.59. The van der Waals surface area contributed by atoms with Crippen molar-refractivity contribution in [3.63, 3.8) is 0 Å². The fourth-order valence-electron chi connectivity index (χ4n) is 17.1. The van der Waals surface area contributed by atoms with Gasteiger partial charge < -0.3 is 10.2 Å². The lowest BCUT2D eigenvalue weighted by Crippen LogP contribution is -2.52. The number of aliphatic hydroxyl groups is 2. The fourth-order valence-corrected chi connectivity index (χ4v) is 17.5. The monoisotopic (exact) mass is 969 g/mol. The maximum atomic E-state index is 13.3. The molecule has 0 saturated heterocycles. The molecular formula is C52H89BrN8O4. The number of aryl methyl sites for hydroxylation is 2. The Morgan fingerprint density at radius 3 is 1.46 bits per heavy atom. The SMILES string of the molecule is C.C.C[C@@]1(O)CC[C@@H]2CC[C@@H]3[C@H](CC[C@]4(C)[C@@H](C(=O)CBr)CC[C@@H]34)[C@@]2(C)CC1.Cc1nn[nH]n1.Cc1nnn(CC(=O)[C@H]2CC[C@H]3[C@@H]4CC[C@H]5CC[C@@](C)(O)CC[C@]5(C)[C@H]4CC[C@]23C)n1. The number of ketones is 2. The molecule has 0 aromatic carbocycles. The van der Waals surface area contributed by atoms with Crippen LogP contribution in [0.4, 0.5) is 0 Å². The van der Waals surface area contributed by atoms with Crippen molar-refractivity contribution in [1.29, 1.82) is 0 Å². The quantitative estimate of drug-likeness (QED) is 0.245. The van der Waals surface area contributed by atoms with Crippen molar-refractivity contribution >= 4 is 27.5 Å². The molecule has 8 saturated carbocycles. The molecule has 0 aliphatic heterocycles. The predicted octanol–water partition coefficient (Wildman–Crippen LogP) is 10.9. The van der Waals surface area contributed by atoms with E-state index >= 15 is 0 Å². The van der Waals surface area contributed by atoms with E-state index < -0.39 is 11.2 Å². The largest absolute Gasteiger partial charge is 0.390 e. The van der Waals surface area contributed by atoms with Crippen molar-refractivity contribution in [2.45, 2.75) is 216 Å². The summed E-state index contributed by atoms with van der Waals surface area (Å²) in [6, 6.07) is 0. The van der Waals surface area contributed by atoms with Crippen molar-refractivity contribution in [2.75, 3.05) is 5.33 Å². The number of carbonyl (C=O) groups is 2. The van der Waals surface area contributed by atoms with Gasteiger partial charge in [-0.25, -0.2) is 0 Å². The van der Waals surface area contributed by atoms with Crippen LogP contribution in [0.2, 0.25) is 0 Å². The van der Waals surface area contributed by atoms with Crippen LogP contribution in [-0.2, 0) is 16.1 Å². The first-order chi connectivity index (χ1) is 29.7. The van der Waals surface area contributed by atoms with Crippen LogP contribution in [0.25, 0.3) is 0 Å². The highest BCUT2D eigenvalue weighted by Gasteiger charge is 2.62. The molecule has 12 nitrogen and oxygen atoms in total. The van der Waals surface area contributed by atoms with E-state index in [4.69, 9.17) is 0 Å². The molecule has 2 heterocycles. The molecule has 0 bridgehead atoms. The zero-order chi connectivity index (χ0) is 45.2. The van der Waals surface area contributed by atoms with Gasteiger partial charge in [-0.1, -0.05) is 63.7 Å². The normalized spacial score (nSPS) is 44.9. The smallest absolute Gasteiger partial charge is 0.171 e. The summed E-state index contributed by atoms with van der Waals surface area (Å²) in [5.41, 5.74) is 0.174. The van der Waals surface area contributed by atoms with E-state index in [2.05, 4.69) is 86.6 Å². The Balaban J connectivity index is 0.000000187. The molecule has 0 radical (unpaired) electrons. The minimum Gasteiger partial charge on any atom is -0.390 e. The third-order valence-electron chi connectivity index (χ3n) is 20.8. The molecule has 13 heteroatoms. The second-order valence-corrected chi connectivity index (χ2v) is 24.7. The van der Waals surface area contributed by atoms with E-state index in [0.717, 1.165) is 92.8 Å². The molecule has 368 valence electrons. The Morgan fingerprint density at radius 1 is 0.585 bits per heavy atom. The molecule has 2 aromatic rings. The summed E-state index contributed by atoms with van der Waals surface area (Å²) in [6.45, 7) is 17.9. The molecule has 8 aliphatic carbocycles. The first-order valence-electron chi connectivity index (χ1n) is 25.2. The van der Waals surface area contributed by atoms with Crippen LogP contribution in [0.5, 0.6) is 0 Å². The number of halogens is 1. The standard InChI is InChI=1S/C25H40N4O2.C23H37BrO2.C2H4N4.2CH4/c1-16-26-28-29(27-16)15-22(30)21-8-7-19-18-6-5-17-9-11-23(2,31)13-14-24(17,3)20(18)10-12-25(19,21)4;1-21(26)10-8-15-4-5-16-17-6-7-19(20(25)14-24)23(17,3)11-9-18(16)22(15,2)13-12-21;1-2-3-5-6-4-2;;/h17-21,31H,5-15H2,1-4H3;15-19,26H,4-14H2,1-3H3;1H3,(H,3,4,5,6);2*1H4/t17-,18-,19-,20-,21+,23+,24-,25-;15-,16-,17-,18-,19+,21+,22-,23-;;;/m00.../s1. The van der Waals surface area contributed by atoms with Crippen LogP contribution in [0, 0.1) is 94.7 Å². The molecule has 16 atom stereocenters. The van der Waals surface area contributed by atoms with Crippen LogP contribution in [0.1, 0.15) is 196 Å². The molecule has 0 amide bonds. The lowest BCUT2D eigenvalue weighted by atomic mass is 9.46. The number of H-pyrrole nitrogens is 1.